The van der Waals surface area contributed by atoms with Crippen LogP contribution in [-0.2, 0) is 6.42 Å². The Labute approximate surface area is 188 Å². The van der Waals surface area contributed by atoms with E-state index in [2.05, 4.69) is 46.0 Å². The molecule has 1 aliphatic heterocycles. The largest absolute Gasteiger partial charge is 0.363 e. The number of piperidine rings is 1. The minimum Gasteiger partial charge on any atom is -0.363 e. The summed E-state index contributed by atoms with van der Waals surface area (Å²) in [6.45, 7) is 5.89. The number of nitrogens with zero attached hydrogens (tertiary/aromatic N) is 2. The zero-order valence-electron chi connectivity index (χ0n) is 15.7. The molecule has 0 atom stereocenters. The average molecular weight is 519 g/mol. The smallest absolute Gasteiger partial charge is 0.191 e. The molecule has 0 bridgehead atoms. The van der Waals surface area contributed by atoms with E-state index in [0.29, 0.717) is 6.04 Å². The lowest BCUT2D eigenvalue weighted by atomic mass is 10.1. The molecule has 2 aromatic rings. The lowest BCUT2D eigenvalue weighted by Gasteiger charge is -2.33. The molecule has 0 spiro atoms. The molecule has 2 heterocycles. The Kier molecular flexibility index (Phi) is 9.72. The van der Waals surface area contributed by atoms with Gasteiger partial charge in [0.05, 0.1) is 5.00 Å². The summed E-state index contributed by atoms with van der Waals surface area (Å²) in [6.07, 6.45) is 3.12. The second-order valence-electron chi connectivity index (χ2n) is 6.46. The lowest BCUT2D eigenvalue weighted by Crippen LogP contribution is -2.48. The van der Waals surface area contributed by atoms with Crippen molar-refractivity contribution in [2.45, 2.75) is 32.2 Å². The van der Waals surface area contributed by atoms with Crippen molar-refractivity contribution in [3.05, 3.63) is 52.4 Å². The summed E-state index contributed by atoms with van der Waals surface area (Å²) in [4.78, 5) is 7.21. The van der Waals surface area contributed by atoms with Gasteiger partial charge >= 0.3 is 0 Å². The molecule has 0 saturated carbocycles. The summed E-state index contributed by atoms with van der Waals surface area (Å²) in [5.74, 6) is 0.911. The molecule has 1 aliphatic rings. The number of guanidine groups is 1. The highest BCUT2D eigenvalue weighted by atomic mass is 127. The van der Waals surface area contributed by atoms with Crippen LogP contribution in [0.15, 0.2) is 46.8 Å². The maximum absolute atomic E-state index is 6.23. The molecule has 0 radical (unpaired) electrons. The van der Waals surface area contributed by atoms with Gasteiger partial charge in [0, 0.05) is 37.2 Å². The first-order valence-electron chi connectivity index (χ1n) is 9.33. The summed E-state index contributed by atoms with van der Waals surface area (Å²) in [5.41, 5.74) is 1.15. The Bertz CT molecular complexity index is 700. The van der Waals surface area contributed by atoms with E-state index in [9.17, 15) is 0 Å². The molecule has 1 fully saturated rings. The van der Waals surface area contributed by atoms with Crippen molar-refractivity contribution in [1.82, 2.24) is 10.6 Å². The molecule has 4 nitrogen and oxygen atoms in total. The number of benzene rings is 1. The van der Waals surface area contributed by atoms with Gasteiger partial charge in [-0.05, 0) is 55.3 Å². The molecular weight excluding hydrogens is 491 g/mol. The van der Waals surface area contributed by atoms with Gasteiger partial charge in [-0.15, -0.1) is 35.3 Å². The number of hydrogen-bond acceptors (Lipinski definition) is 3. The Hall–Kier alpha value is -0.990. The van der Waals surface area contributed by atoms with Crippen LogP contribution in [0.3, 0.4) is 0 Å². The third-order valence-electron chi connectivity index (χ3n) is 4.61. The van der Waals surface area contributed by atoms with Gasteiger partial charge in [0.25, 0.3) is 0 Å². The van der Waals surface area contributed by atoms with Crippen molar-refractivity contribution in [2.24, 2.45) is 4.99 Å². The number of anilines is 1. The first kappa shape index (κ1) is 22.3. The second-order valence-corrected chi connectivity index (χ2v) is 7.79. The quantitative estimate of drug-likeness (QED) is 0.328. The fourth-order valence-electron chi connectivity index (χ4n) is 3.20. The zero-order valence-corrected chi connectivity index (χ0v) is 19.6. The predicted octanol–water partition coefficient (Wildman–Crippen LogP) is 4.79. The van der Waals surface area contributed by atoms with E-state index in [1.54, 1.807) is 0 Å². The summed E-state index contributed by atoms with van der Waals surface area (Å²) >= 11 is 8.05. The third-order valence-corrected chi connectivity index (χ3v) is 5.90. The second kappa shape index (κ2) is 11.8. The maximum atomic E-state index is 6.23. The van der Waals surface area contributed by atoms with E-state index in [1.807, 2.05) is 29.5 Å². The number of aliphatic imine (C=N–C) groups is 1. The highest BCUT2D eigenvalue weighted by molar-refractivity contribution is 14.0. The van der Waals surface area contributed by atoms with Crippen LogP contribution in [-0.4, -0.2) is 38.2 Å². The monoisotopic (exact) mass is 518 g/mol. The number of thiophene rings is 1. The Morgan fingerprint density at radius 1 is 1.22 bits per heavy atom. The van der Waals surface area contributed by atoms with Gasteiger partial charge in [-0.25, -0.2) is 0 Å². The minimum absolute atomic E-state index is 0. The Balaban J connectivity index is 0.00000261. The molecule has 148 valence electrons. The summed E-state index contributed by atoms with van der Waals surface area (Å²) < 4.78 is 0. The van der Waals surface area contributed by atoms with Gasteiger partial charge in [-0.2, -0.15) is 0 Å². The highest BCUT2D eigenvalue weighted by Crippen LogP contribution is 2.24. The molecule has 1 aromatic heterocycles. The van der Waals surface area contributed by atoms with Gasteiger partial charge in [-0.3, -0.25) is 4.99 Å². The van der Waals surface area contributed by atoms with Crippen molar-refractivity contribution in [3.8, 4) is 0 Å². The van der Waals surface area contributed by atoms with E-state index in [-0.39, 0.29) is 24.0 Å². The molecule has 0 aliphatic carbocycles. The number of nitrogens with one attached hydrogen (secondary N) is 2. The van der Waals surface area contributed by atoms with Crippen LogP contribution in [0.1, 0.15) is 25.3 Å². The number of rotatable bonds is 6. The fourth-order valence-corrected chi connectivity index (χ4v) is 4.21. The van der Waals surface area contributed by atoms with E-state index in [1.165, 1.54) is 5.00 Å². The molecule has 0 amide bonds. The van der Waals surface area contributed by atoms with Crippen LogP contribution in [0.4, 0.5) is 5.00 Å². The van der Waals surface area contributed by atoms with Crippen LogP contribution in [0, 0.1) is 0 Å². The average Bonchev–Trinajstić information content (AvgIpc) is 3.19. The van der Waals surface area contributed by atoms with Crippen LogP contribution < -0.4 is 15.5 Å². The van der Waals surface area contributed by atoms with E-state index in [0.717, 1.165) is 62.0 Å². The third kappa shape index (κ3) is 6.84. The normalized spacial score (nSPS) is 15.3. The minimum atomic E-state index is 0. The number of hydrogen-bond donors (Lipinski definition) is 2. The molecule has 2 N–H and O–H groups in total. The van der Waals surface area contributed by atoms with Gasteiger partial charge in [0.1, 0.15) is 0 Å². The van der Waals surface area contributed by atoms with Gasteiger partial charge in [0.2, 0.25) is 0 Å². The topological polar surface area (TPSA) is 39.7 Å². The standard InChI is InChI=1S/C20H27ClN4S.HI/c1-2-22-20(23-12-9-16-6-3-4-7-18(16)21)24-17-10-13-25(14-11-17)19-8-5-15-26-19;/h3-8,15,17H,2,9-14H2,1H3,(H2,22,23,24);1H. The molecule has 0 unspecified atom stereocenters. The summed E-state index contributed by atoms with van der Waals surface area (Å²) in [7, 11) is 0. The molecule has 1 saturated heterocycles. The van der Waals surface area contributed by atoms with Gasteiger partial charge in [0.15, 0.2) is 5.96 Å². The van der Waals surface area contributed by atoms with E-state index >= 15 is 0 Å². The summed E-state index contributed by atoms with van der Waals surface area (Å²) in [5, 5.41) is 11.3. The van der Waals surface area contributed by atoms with Gasteiger partial charge < -0.3 is 15.5 Å². The first-order valence-corrected chi connectivity index (χ1v) is 10.6. The van der Waals surface area contributed by atoms with Crippen LogP contribution in [0.5, 0.6) is 0 Å². The molecule has 1 aromatic carbocycles. The van der Waals surface area contributed by atoms with E-state index < -0.39 is 0 Å². The van der Waals surface area contributed by atoms with E-state index in [4.69, 9.17) is 16.6 Å². The van der Waals surface area contributed by atoms with Crippen LogP contribution in [0.2, 0.25) is 5.02 Å². The van der Waals surface area contributed by atoms with Crippen molar-refractivity contribution in [3.63, 3.8) is 0 Å². The summed E-state index contributed by atoms with van der Waals surface area (Å²) in [6, 6.07) is 12.8. The van der Waals surface area contributed by atoms with Crippen LogP contribution in [0.25, 0.3) is 0 Å². The highest BCUT2D eigenvalue weighted by Gasteiger charge is 2.20. The zero-order chi connectivity index (χ0) is 18.2. The SMILES string of the molecule is CCNC(=NCCc1ccccc1Cl)NC1CCN(c2cccs2)CC1.I. The fraction of sp³-hybridized carbons (Fsp3) is 0.450. The number of halogens is 2. The predicted molar refractivity (Wildman–Crippen MR) is 129 cm³/mol. The maximum Gasteiger partial charge on any atom is 0.191 e. The molecule has 3 rings (SSSR count). The van der Waals surface area contributed by atoms with Crippen molar-refractivity contribution in [1.29, 1.82) is 0 Å². The molecular formula is C20H28ClIN4S. The Morgan fingerprint density at radius 2 is 2.00 bits per heavy atom. The Morgan fingerprint density at radius 3 is 2.67 bits per heavy atom. The lowest BCUT2D eigenvalue weighted by molar-refractivity contribution is 0.463. The molecule has 27 heavy (non-hydrogen) atoms. The first-order chi connectivity index (χ1) is 12.8. The van der Waals surface area contributed by atoms with Crippen molar-refractivity contribution in [2.75, 3.05) is 31.1 Å². The van der Waals surface area contributed by atoms with Crippen molar-refractivity contribution < 1.29 is 0 Å². The van der Waals surface area contributed by atoms with Crippen molar-refractivity contribution >= 4 is 57.9 Å². The van der Waals surface area contributed by atoms with Gasteiger partial charge in [-0.1, -0.05) is 29.8 Å². The molecule has 7 heteroatoms. The van der Waals surface area contributed by atoms with Crippen LogP contribution >= 0.6 is 46.9 Å².